The average molecular weight is 261 g/mol. The summed E-state index contributed by atoms with van der Waals surface area (Å²) in [5.74, 6) is 0.255. The van der Waals surface area contributed by atoms with Gasteiger partial charge in [-0.2, -0.15) is 5.26 Å². The molecule has 0 radical (unpaired) electrons. The predicted octanol–water partition coefficient (Wildman–Crippen LogP) is 2.78. The highest BCUT2D eigenvalue weighted by Crippen LogP contribution is 2.22. The molecule has 0 N–H and O–H groups in total. The Kier molecular flexibility index (Phi) is 4.94. The third-order valence-corrected chi connectivity index (χ3v) is 2.27. The molecule has 0 spiro atoms. The zero-order valence-corrected chi connectivity index (χ0v) is 11.8. The van der Waals surface area contributed by atoms with Gasteiger partial charge in [0.05, 0.1) is 6.42 Å². The molecule has 1 rings (SSSR count). The zero-order chi connectivity index (χ0) is 14.5. The summed E-state index contributed by atoms with van der Waals surface area (Å²) in [5, 5.41) is 8.56. The molecule has 0 aliphatic rings. The fraction of sp³-hybridized carbons (Fsp3) is 0.467. The average Bonchev–Trinajstić information content (AvgIpc) is 2.27. The summed E-state index contributed by atoms with van der Waals surface area (Å²) in [7, 11) is 0. The van der Waals surface area contributed by atoms with E-state index in [0.29, 0.717) is 5.75 Å². The Labute approximate surface area is 113 Å². The van der Waals surface area contributed by atoms with E-state index in [1.807, 2.05) is 52.0 Å². The van der Waals surface area contributed by atoms with Crippen molar-refractivity contribution in [2.45, 2.75) is 39.7 Å². The molecule has 4 nitrogen and oxygen atoms in total. The van der Waals surface area contributed by atoms with Crippen molar-refractivity contribution < 1.29 is 14.3 Å². The number of nitriles is 1. The van der Waals surface area contributed by atoms with Gasteiger partial charge in [-0.15, -0.1) is 0 Å². The molecule has 1 aromatic rings. The Hall–Kier alpha value is -2.02. The minimum atomic E-state index is -0.505. The van der Waals surface area contributed by atoms with Crippen LogP contribution >= 0.6 is 0 Å². The molecule has 19 heavy (non-hydrogen) atoms. The van der Waals surface area contributed by atoms with Crippen molar-refractivity contribution in [3.63, 3.8) is 0 Å². The van der Waals surface area contributed by atoms with Gasteiger partial charge in [0.2, 0.25) is 0 Å². The summed E-state index contributed by atoms with van der Waals surface area (Å²) in [6, 6.07) is 7.46. The number of benzene rings is 1. The molecular weight excluding hydrogens is 242 g/mol. The summed E-state index contributed by atoms with van der Waals surface area (Å²) in [6.45, 7) is 7.37. The van der Waals surface area contributed by atoms with Gasteiger partial charge in [0.1, 0.15) is 17.4 Å². The third kappa shape index (κ3) is 5.43. The first kappa shape index (κ1) is 15.0. The van der Waals surface area contributed by atoms with Crippen LogP contribution in [0.2, 0.25) is 0 Å². The van der Waals surface area contributed by atoms with Gasteiger partial charge in [-0.05, 0) is 39.3 Å². The lowest BCUT2D eigenvalue weighted by Crippen LogP contribution is -2.25. The normalized spacial score (nSPS) is 10.7. The van der Waals surface area contributed by atoms with Crippen molar-refractivity contribution >= 4 is 5.97 Å². The number of carbonyl (C=O) groups excluding carboxylic acids is 1. The summed E-state index contributed by atoms with van der Waals surface area (Å²) in [5.41, 5.74) is 1.24. The lowest BCUT2D eigenvalue weighted by atomic mass is 10.1. The monoisotopic (exact) mass is 261 g/mol. The van der Waals surface area contributed by atoms with E-state index >= 15 is 0 Å². The number of carbonyl (C=O) groups is 1. The summed E-state index contributed by atoms with van der Waals surface area (Å²) < 4.78 is 10.6. The van der Waals surface area contributed by atoms with E-state index in [-0.39, 0.29) is 19.0 Å². The SMILES string of the molecule is Cc1ccc(CC(=O)OC(C)(C)C)c(OCC#N)c1. The smallest absolute Gasteiger partial charge is 0.310 e. The van der Waals surface area contributed by atoms with Crippen LogP contribution < -0.4 is 4.74 Å². The van der Waals surface area contributed by atoms with E-state index in [1.54, 1.807) is 0 Å². The first-order chi connectivity index (χ1) is 8.81. The van der Waals surface area contributed by atoms with Crippen LogP contribution in [0.15, 0.2) is 18.2 Å². The quantitative estimate of drug-likeness (QED) is 0.782. The van der Waals surface area contributed by atoms with Crippen LogP contribution in [0.5, 0.6) is 5.75 Å². The molecule has 0 unspecified atom stereocenters. The lowest BCUT2D eigenvalue weighted by molar-refractivity contribution is -0.153. The second kappa shape index (κ2) is 6.24. The van der Waals surface area contributed by atoms with Crippen molar-refractivity contribution in [2.24, 2.45) is 0 Å². The van der Waals surface area contributed by atoms with Crippen LogP contribution in [0.3, 0.4) is 0 Å². The maximum atomic E-state index is 11.8. The van der Waals surface area contributed by atoms with Crippen LogP contribution in [-0.2, 0) is 16.0 Å². The zero-order valence-electron chi connectivity index (χ0n) is 11.8. The molecule has 0 heterocycles. The topological polar surface area (TPSA) is 59.3 Å². The first-order valence-electron chi connectivity index (χ1n) is 6.13. The second-order valence-electron chi connectivity index (χ2n) is 5.32. The molecule has 102 valence electrons. The van der Waals surface area contributed by atoms with Crippen LogP contribution in [0.4, 0.5) is 0 Å². The van der Waals surface area contributed by atoms with E-state index in [2.05, 4.69) is 0 Å². The summed E-state index contributed by atoms with van der Waals surface area (Å²) in [6.07, 6.45) is 0.137. The van der Waals surface area contributed by atoms with Crippen molar-refractivity contribution in [1.82, 2.24) is 0 Å². The maximum absolute atomic E-state index is 11.8. The van der Waals surface area contributed by atoms with Gasteiger partial charge in [-0.1, -0.05) is 12.1 Å². The molecule has 4 heteroatoms. The van der Waals surface area contributed by atoms with Crippen LogP contribution in [0.25, 0.3) is 0 Å². The number of hydrogen-bond acceptors (Lipinski definition) is 4. The molecule has 0 aromatic heterocycles. The van der Waals surface area contributed by atoms with Crippen LogP contribution in [0, 0.1) is 18.3 Å². The molecule has 0 aliphatic carbocycles. The highest BCUT2D eigenvalue weighted by atomic mass is 16.6. The maximum Gasteiger partial charge on any atom is 0.310 e. The van der Waals surface area contributed by atoms with Gasteiger partial charge in [0.25, 0.3) is 0 Å². The molecule has 0 saturated heterocycles. The fourth-order valence-electron chi connectivity index (χ4n) is 1.59. The Morgan fingerprint density at radius 3 is 2.63 bits per heavy atom. The van der Waals surface area contributed by atoms with Gasteiger partial charge in [-0.3, -0.25) is 4.79 Å². The van der Waals surface area contributed by atoms with Crippen molar-refractivity contribution in [2.75, 3.05) is 6.61 Å². The van der Waals surface area contributed by atoms with Gasteiger partial charge in [-0.25, -0.2) is 0 Å². The number of rotatable bonds is 4. The minimum absolute atomic E-state index is 0.0369. The van der Waals surface area contributed by atoms with Crippen LogP contribution in [-0.4, -0.2) is 18.2 Å². The number of aryl methyl sites for hydroxylation is 1. The standard InChI is InChI=1S/C15H19NO3/c1-11-5-6-12(13(9-11)18-8-7-16)10-14(17)19-15(2,3)4/h5-6,9H,8,10H2,1-4H3. The molecule has 1 aromatic carbocycles. The molecule has 0 fully saturated rings. The summed E-state index contributed by atoms with van der Waals surface area (Å²) in [4.78, 5) is 11.8. The number of nitrogens with zero attached hydrogens (tertiary/aromatic N) is 1. The van der Waals surface area contributed by atoms with Crippen molar-refractivity contribution in [3.05, 3.63) is 29.3 Å². The Morgan fingerprint density at radius 1 is 1.37 bits per heavy atom. The van der Waals surface area contributed by atoms with E-state index in [4.69, 9.17) is 14.7 Å². The molecular formula is C15H19NO3. The number of ether oxygens (including phenoxy) is 2. The van der Waals surface area contributed by atoms with Gasteiger partial charge in [0.15, 0.2) is 6.61 Å². The second-order valence-corrected chi connectivity index (χ2v) is 5.32. The molecule has 0 saturated carbocycles. The largest absolute Gasteiger partial charge is 0.478 e. The first-order valence-corrected chi connectivity index (χ1v) is 6.13. The van der Waals surface area contributed by atoms with E-state index in [9.17, 15) is 4.79 Å². The molecule has 0 amide bonds. The minimum Gasteiger partial charge on any atom is -0.478 e. The molecule has 0 bridgehead atoms. The predicted molar refractivity (Wildman–Crippen MR) is 71.8 cm³/mol. The number of hydrogen-bond donors (Lipinski definition) is 0. The van der Waals surface area contributed by atoms with Gasteiger partial charge < -0.3 is 9.47 Å². The molecule has 0 atom stereocenters. The van der Waals surface area contributed by atoms with Gasteiger partial charge >= 0.3 is 5.97 Å². The molecule has 0 aliphatic heterocycles. The highest BCUT2D eigenvalue weighted by molar-refractivity contribution is 5.74. The summed E-state index contributed by atoms with van der Waals surface area (Å²) >= 11 is 0. The van der Waals surface area contributed by atoms with Crippen LogP contribution in [0.1, 0.15) is 31.9 Å². The highest BCUT2D eigenvalue weighted by Gasteiger charge is 2.18. The number of esters is 1. The lowest BCUT2D eigenvalue weighted by Gasteiger charge is -2.20. The Morgan fingerprint density at radius 2 is 2.05 bits per heavy atom. The van der Waals surface area contributed by atoms with E-state index < -0.39 is 5.60 Å². The van der Waals surface area contributed by atoms with E-state index in [1.165, 1.54) is 0 Å². The van der Waals surface area contributed by atoms with Crippen molar-refractivity contribution in [1.29, 1.82) is 5.26 Å². The fourth-order valence-corrected chi connectivity index (χ4v) is 1.59. The Balaban J connectivity index is 2.82. The Bertz CT molecular complexity index is 495. The van der Waals surface area contributed by atoms with E-state index in [0.717, 1.165) is 11.1 Å². The third-order valence-electron chi connectivity index (χ3n) is 2.27. The van der Waals surface area contributed by atoms with Gasteiger partial charge in [0, 0.05) is 5.56 Å². The van der Waals surface area contributed by atoms with Crippen molar-refractivity contribution in [3.8, 4) is 11.8 Å².